The zero-order valence-electron chi connectivity index (χ0n) is 13.1. The number of rotatable bonds is 4. The summed E-state index contributed by atoms with van der Waals surface area (Å²) in [5, 5.41) is 2.85. The molecule has 2 N–H and O–H groups in total. The van der Waals surface area contributed by atoms with Crippen molar-refractivity contribution in [3.8, 4) is 0 Å². The molecule has 5 unspecified atom stereocenters. The van der Waals surface area contributed by atoms with Crippen LogP contribution >= 0.6 is 0 Å². The van der Waals surface area contributed by atoms with E-state index in [-0.39, 0.29) is 22.8 Å². The monoisotopic (exact) mass is 338 g/mol. The van der Waals surface area contributed by atoms with Crippen LogP contribution in [0.15, 0.2) is 21.6 Å². The van der Waals surface area contributed by atoms with Gasteiger partial charge in [-0.3, -0.25) is 4.79 Å². The molecule has 1 amide bonds. The molecule has 1 heterocycles. The van der Waals surface area contributed by atoms with Crippen LogP contribution in [-0.4, -0.2) is 27.4 Å². The highest BCUT2D eigenvalue weighted by molar-refractivity contribution is 7.89. The quantitative estimate of drug-likeness (QED) is 0.875. The predicted octanol–water partition coefficient (Wildman–Crippen LogP) is 1.74. The molecule has 2 bridgehead atoms. The molecule has 5 atom stereocenters. The van der Waals surface area contributed by atoms with Gasteiger partial charge in [-0.25, -0.2) is 13.1 Å². The highest BCUT2D eigenvalue weighted by Gasteiger charge is 2.54. The molecule has 1 aromatic heterocycles. The van der Waals surface area contributed by atoms with Gasteiger partial charge in [-0.1, -0.05) is 6.42 Å². The van der Waals surface area contributed by atoms with Crippen LogP contribution in [0.3, 0.4) is 0 Å². The fourth-order valence-electron chi connectivity index (χ4n) is 5.16. The molecule has 23 heavy (non-hydrogen) atoms. The number of furan rings is 1. The van der Waals surface area contributed by atoms with Crippen molar-refractivity contribution in [2.75, 3.05) is 7.05 Å². The Morgan fingerprint density at radius 2 is 1.96 bits per heavy atom. The molecule has 6 nitrogen and oxygen atoms in total. The maximum atomic E-state index is 12.4. The van der Waals surface area contributed by atoms with Gasteiger partial charge in [-0.15, -0.1) is 0 Å². The molecule has 0 radical (unpaired) electrons. The lowest BCUT2D eigenvalue weighted by atomic mass is 9.79. The second-order valence-electron chi connectivity index (χ2n) is 7.06. The summed E-state index contributed by atoms with van der Waals surface area (Å²) in [6, 6.07) is 2.95. The van der Waals surface area contributed by atoms with Crippen LogP contribution in [0.1, 0.15) is 42.7 Å². The molecule has 0 spiro atoms. The van der Waals surface area contributed by atoms with Gasteiger partial charge in [0.2, 0.25) is 5.09 Å². The first kappa shape index (κ1) is 15.2. The molecule has 3 fully saturated rings. The van der Waals surface area contributed by atoms with Gasteiger partial charge in [0.25, 0.3) is 15.9 Å². The normalized spacial score (nSPS) is 35.4. The van der Waals surface area contributed by atoms with Gasteiger partial charge >= 0.3 is 0 Å². The summed E-state index contributed by atoms with van der Waals surface area (Å²) >= 11 is 0. The SMILES string of the molecule is CNS(=O)(=O)c1ccc(C(=O)NC2CC3CC2C2CCCC32)o1. The number of carbonyl (C=O) groups is 1. The average Bonchev–Trinajstić information content (AvgIpc) is 3.27. The number of hydrogen-bond acceptors (Lipinski definition) is 4. The molecule has 0 aromatic carbocycles. The minimum atomic E-state index is -3.65. The fraction of sp³-hybridized carbons (Fsp3) is 0.688. The van der Waals surface area contributed by atoms with Gasteiger partial charge in [0, 0.05) is 6.04 Å². The third-order valence-electron chi connectivity index (χ3n) is 6.08. The minimum Gasteiger partial charge on any atom is -0.438 e. The number of sulfonamides is 1. The Bertz CT molecular complexity index is 726. The van der Waals surface area contributed by atoms with Crippen molar-refractivity contribution in [3.63, 3.8) is 0 Å². The summed E-state index contributed by atoms with van der Waals surface area (Å²) < 4.78 is 30.7. The molecule has 3 aliphatic carbocycles. The van der Waals surface area contributed by atoms with Crippen LogP contribution in [0.25, 0.3) is 0 Å². The summed E-state index contributed by atoms with van der Waals surface area (Å²) in [5.74, 6) is 2.75. The first-order chi connectivity index (χ1) is 11.0. The van der Waals surface area contributed by atoms with E-state index >= 15 is 0 Å². The highest BCUT2D eigenvalue weighted by Crippen LogP contribution is 2.58. The van der Waals surface area contributed by atoms with Gasteiger partial charge in [-0.2, -0.15) is 0 Å². The van der Waals surface area contributed by atoms with Crippen molar-refractivity contribution in [1.29, 1.82) is 0 Å². The lowest BCUT2D eigenvalue weighted by Gasteiger charge is -2.31. The smallest absolute Gasteiger partial charge is 0.287 e. The second-order valence-corrected chi connectivity index (χ2v) is 8.88. The number of carbonyl (C=O) groups excluding carboxylic acids is 1. The van der Waals surface area contributed by atoms with E-state index in [1.807, 2.05) is 0 Å². The molecule has 0 saturated heterocycles. The maximum absolute atomic E-state index is 12.4. The molecule has 4 rings (SSSR count). The summed E-state index contributed by atoms with van der Waals surface area (Å²) in [6.07, 6.45) is 6.27. The third kappa shape index (κ3) is 2.41. The van der Waals surface area contributed by atoms with Crippen molar-refractivity contribution in [3.05, 3.63) is 17.9 Å². The van der Waals surface area contributed by atoms with Gasteiger partial charge < -0.3 is 9.73 Å². The molecule has 1 aromatic rings. The van der Waals surface area contributed by atoms with Crippen LogP contribution < -0.4 is 10.0 Å². The summed E-state index contributed by atoms with van der Waals surface area (Å²) in [7, 11) is -2.34. The second kappa shape index (κ2) is 5.34. The summed E-state index contributed by atoms with van der Waals surface area (Å²) in [6.45, 7) is 0. The molecule has 3 saturated carbocycles. The van der Waals surface area contributed by atoms with Crippen LogP contribution in [0, 0.1) is 23.7 Å². The van der Waals surface area contributed by atoms with Crippen LogP contribution in [0.2, 0.25) is 0 Å². The predicted molar refractivity (Wildman–Crippen MR) is 83.3 cm³/mol. The Morgan fingerprint density at radius 1 is 1.17 bits per heavy atom. The Morgan fingerprint density at radius 3 is 2.74 bits per heavy atom. The van der Waals surface area contributed by atoms with E-state index in [1.165, 1.54) is 44.9 Å². The zero-order valence-corrected chi connectivity index (χ0v) is 13.9. The summed E-state index contributed by atoms with van der Waals surface area (Å²) in [4.78, 5) is 12.4. The van der Waals surface area contributed by atoms with E-state index < -0.39 is 10.0 Å². The van der Waals surface area contributed by atoms with E-state index in [1.54, 1.807) is 0 Å². The molecular formula is C16H22N2O4S. The average molecular weight is 338 g/mol. The van der Waals surface area contributed by atoms with Gasteiger partial charge in [0.15, 0.2) is 5.76 Å². The van der Waals surface area contributed by atoms with Crippen LogP contribution in [-0.2, 0) is 10.0 Å². The number of amides is 1. The lowest BCUT2D eigenvalue weighted by molar-refractivity contribution is 0.0867. The molecule has 7 heteroatoms. The van der Waals surface area contributed by atoms with E-state index in [9.17, 15) is 13.2 Å². The van der Waals surface area contributed by atoms with Crippen molar-refractivity contribution in [1.82, 2.24) is 10.0 Å². The Kier molecular flexibility index (Phi) is 3.53. The van der Waals surface area contributed by atoms with Crippen molar-refractivity contribution in [2.45, 2.75) is 43.2 Å². The van der Waals surface area contributed by atoms with Crippen LogP contribution in [0.4, 0.5) is 0 Å². The topological polar surface area (TPSA) is 88.4 Å². The molecular weight excluding hydrogens is 316 g/mol. The van der Waals surface area contributed by atoms with Crippen LogP contribution in [0.5, 0.6) is 0 Å². The fourth-order valence-corrected chi connectivity index (χ4v) is 5.81. The standard InChI is InChI=1S/C16H22N2O4S/c1-17-23(20,21)15-6-5-14(22-15)16(19)18-13-8-9-7-12(13)11-4-2-3-10(9)11/h5-6,9-13,17H,2-4,7-8H2,1H3,(H,18,19). The zero-order chi connectivity index (χ0) is 16.2. The van der Waals surface area contributed by atoms with Crippen molar-refractivity contribution in [2.24, 2.45) is 23.7 Å². The van der Waals surface area contributed by atoms with E-state index in [0.29, 0.717) is 5.92 Å². The number of nitrogens with one attached hydrogen (secondary N) is 2. The molecule has 0 aliphatic heterocycles. The molecule has 3 aliphatic rings. The first-order valence-electron chi connectivity index (χ1n) is 8.34. The largest absolute Gasteiger partial charge is 0.438 e. The Balaban J connectivity index is 1.45. The molecule has 126 valence electrons. The van der Waals surface area contributed by atoms with Gasteiger partial charge in [0.1, 0.15) is 0 Å². The van der Waals surface area contributed by atoms with Gasteiger partial charge in [0.05, 0.1) is 0 Å². The third-order valence-corrected chi connectivity index (χ3v) is 7.37. The van der Waals surface area contributed by atoms with E-state index in [2.05, 4.69) is 10.0 Å². The highest BCUT2D eigenvalue weighted by atomic mass is 32.2. The minimum absolute atomic E-state index is 0.0598. The first-order valence-corrected chi connectivity index (χ1v) is 9.82. The number of fused-ring (bicyclic) bond motifs is 5. The van der Waals surface area contributed by atoms with E-state index in [0.717, 1.165) is 24.2 Å². The van der Waals surface area contributed by atoms with E-state index in [4.69, 9.17) is 4.42 Å². The van der Waals surface area contributed by atoms with Gasteiger partial charge in [-0.05, 0) is 68.5 Å². The van der Waals surface area contributed by atoms with Crippen molar-refractivity contribution < 1.29 is 17.6 Å². The number of hydrogen-bond donors (Lipinski definition) is 2. The maximum Gasteiger partial charge on any atom is 0.287 e. The van der Waals surface area contributed by atoms with Crippen molar-refractivity contribution >= 4 is 15.9 Å². The lowest BCUT2D eigenvalue weighted by Crippen LogP contribution is -2.42. The Labute approximate surface area is 136 Å². The Hall–Kier alpha value is -1.34. The summed E-state index contributed by atoms with van der Waals surface area (Å²) in [5.41, 5.74) is 0.